The van der Waals surface area contributed by atoms with Crippen LogP contribution >= 0.6 is 0 Å². The summed E-state index contributed by atoms with van der Waals surface area (Å²) >= 11 is 0. The highest BCUT2D eigenvalue weighted by Gasteiger charge is 2.71. The molecule has 0 aromatic rings. The fourth-order valence-electron chi connectivity index (χ4n) is 1.57. The second-order valence-electron chi connectivity index (χ2n) is 3.02. The maximum absolute atomic E-state index is 5.70. The van der Waals surface area contributed by atoms with Crippen molar-refractivity contribution in [2.45, 2.75) is 20.8 Å². The molecule has 0 aliphatic carbocycles. The summed E-state index contributed by atoms with van der Waals surface area (Å²) in [5.74, 6) is 0. The zero-order valence-electron chi connectivity index (χ0n) is 11.6. The van der Waals surface area contributed by atoms with Gasteiger partial charge >= 0.3 is 16.6 Å². The Morgan fingerprint density at radius 3 is 1.12 bits per heavy atom. The quantitative estimate of drug-likeness (QED) is 0.558. The third kappa shape index (κ3) is 3.58. The Kier molecular flexibility index (Phi) is 8.42. The first-order chi connectivity index (χ1) is 8.11. The molecule has 8 heteroatoms. The fraction of sp³-hybridized carbons (Fsp3) is 1.00. The van der Waals surface area contributed by atoms with Crippen molar-refractivity contribution in [3.63, 3.8) is 0 Å². The van der Waals surface area contributed by atoms with Crippen LogP contribution in [-0.2, 0) is 26.6 Å². The second-order valence-corrected chi connectivity index (χ2v) is 11.0. The van der Waals surface area contributed by atoms with Crippen LogP contribution in [0.25, 0.3) is 0 Å². The molecular weight excluding hydrogens is 260 g/mol. The number of hydrogen-bond acceptors (Lipinski definition) is 6. The predicted octanol–water partition coefficient (Wildman–Crippen LogP) is 0.991. The third-order valence-electron chi connectivity index (χ3n) is 2.18. The van der Waals surface area contributed by atoms with Crippen molar-refractivity contribution < 1.29 is 26.6 Å². The molecule has 104 valence electrons. The lowest BCUT2D eigenvalue weighted by atomic mass is 10.9. The molecule has 0 rings (SSSR count). The molecule has 0 unspecified atom stereocenters. The van der Waals surface area contributed by atoms with Gasteiger partial charge in [-0.15, -0.1) is 0 Å². The average molecular weight is 284 g/mol. The van der Waals surface area contributed by atoms with Crippen LogP contribution in [0.1, 0.15) is 20.8 Å². The van der Waals surface area contributed by atoms with Crippen molar-refractivity contribution in [2.75, 3.05) is 41.2 Å². The molecule has 0 radical (unpaired) electrons. The summed E-state index contributed by atoms with van der Waals surface area (Å²) in [7, 11) is -1.59. The molecule has 0 aliphatic heterocycles. The van der Waals surface area contributed by atoms with Crippen molar-refractivity contribution in [3.8, 4) is 0 Å². The lowest BCUT2D eigenvalue weighted by Gasteiger charge is -2.37. The normalized spacial score (nSPS) is 13.1. The molecule has 0 aliphatic rings. The lowest BCUT2D eigenvalue weighted by molar-refractivity contribution is 0.0449. The van der Waals surface area contributed by atoms with Gasteiger partial charge in [-0.25, -0.2) is 0 Å². The summed E-state index contributed by atoms with van der Waals surface area (Å²) in [6, 6.07) is 0. The van der Waals surface area contributed by atoms with E-state index in [0.29, 0.717) is 19.8 Å². The van der Waals surface area contributed by atoms with Crippen LogP contribution in [0.3, 0.4) is 0 Å². The van der Waals surface area contributed by atoms with Crippen LogP contribution < -0.4 is 0 Å². The van der Waals surface area contributed by atoms with E-state index in [1.54, 1.807) is 0 Å². The summed E-state index contributed by atoms with van der Waals surface area (Å²) in [4.78, 5) is 0. The third-order valence-corrected chi connectivity index (χ3v) is 11.9. The van der Waals surface area contributed by atoms with Crippen LogP contribution in [0.4, 0.5) is 0 Å². The van der Waals surface area contributed by atoms with Gasteiger partial charge in [0.2, 0.25) is 0 Å². The Labute approximate surface area is 106 Å². The van der Waals surface area contributed by atoms with Gasteiger partial charge in [0.05, 0.1) is 0 Å². The molecule has 17 heavy (non-hydrogen) atoms. The predicted molar refractivity (Wildman–Crippen MR) is 67.4 cm³/mol. The van der Waals surface area contributed by atoms with E-state index in [-0.39, 0.29) is 0 Å². The molecule has 0 bridgehead atoms. The van der Waals surface area contributed by atoms with E-state index >= 15 is 0 Å². The smallest absolute Gasteiger partial charge is 0.375 e. The number of rotatable bonds is 10. The number of hydrogen-bond donors (Lipinski definition) is 0. The van der Waals surface area contributed by atoms with Crippen LogP contribution in [0.15, 0.2) is 0 Å². The molecule has 0 N–H and O–H groups in total. The summed E-state index contributed by atoms with van der Waals surface area (Å²) in [5, 5.41) is 0. The molecule has 0 saturated carbocycles. The Balaban J connectivity index is 5.29. The largest absolute Gasteiger partial charge is 0.577 e. The Hall–Kier alpha value is 0.194. The topological polar surface area (TPSA) is 55.4 Å². The van der Waals surface area contributed by atoms with Crippen LogP contribution in [0, 0.1) is 0 Å². The van der Waals surface area contributed by atoms with E-state index in [1.807, 2.05) is 20.8 Å². The standard InChI is InChI=1S/C9H24O6Si2/c1-7-13-16(10-4,11-5)17(12-6,14-8-2)15-9-3/h7-9H2,1-6H3. The highest BCUT2D eigenvalue weighted by molar-refractivity contribution is 7.26. The Morgan fingerprint density at radius 2 is 0.882 bits per heavy atom. The van der Waals surface area contributed by atoms with E-state index in [9.17, 15) is 0 Å². The van der Waals surface area contributed by atoms with Crippen LogP contribution in [0.5, 0.6) is 0 Å². The van der Waals surface area contributed by atoms with E-state index < -0.39 is 16.6 Å². The van der Waals surface area contributed by atoms with Gasteiger partial charge in [0, 0.05) is 41.2 Å². The van der Waals surface area contributed by atoms with Gasteiger partial charge in [0.15, 0.2) is 0 Å². The summed E-state index contributed by atoms with van der Waals surface area (Å²) in [5.41, 5.74) is 0. The highest BCUT2D eigenvalue weighted by Crippen LogP contribution is 2.25. The maximum Gasteiger partial charge on any atom is 0.577 e. The molecule has 0 fully saturated rings. The van der Waals surface area contributed by atoms with Crippen molar-refractivity contribution in [1.29, 1.82) is 0 Å². The monoisotopic (exact) mass is 284 g/mol. The van der Waals surface area contributed by atoms with Gasteiger partial charge in [-0.05, 0) is 20.8 Å². The zero-order chi connectivity index (χ0) is 13.4. The van der Waals surface area contributed by atoms with Crippen molar-refractivity contribution in [2.24, 2.45) is 0 Å². The fourth-order valence-corrected chi connectivity index (χ4v) is 9.85. The first-order valence-corrected chi connectivity index (χ1v) is 10.1. The molecule has 0 heterocycles. The van der Waals surface area contributed by atoms with Crippen LogP contribution in [0.2, 0.25) is 0 Å². The lowest BCUT2D eigenvalue weighted by Crippen LogP contribution is -2.72. The molecule has 0 saturated heterocycles. The summed E-state index contributed by atoms with van der Waals surface area (Å²) < 4.78 is 33.5. The molecule has 0 spiro atoms. The highest BCUT2D eigenvalue weighted by atomic mass is 29.3. The van der Waals surface area contributed by atoms with Gasteiger partial charge < -0.3 is 26.6 Å². The van der Waals surface area contributed by atoms with Gasteiger partial charge in [0.1, 0.15) is 0 Å². The second kappa shape index (κ2) is 8.32. The minimum atomic E-state index is -3.10. The molecule has 0 aromatic carbocycles. The van der Waals surface area contributed by atoms with Crippen molar-refractivity contribution in [3.05, 3.63) is 0 Å². The summed E-state index contributed by atoms with van der Waals surface area (Å²) in [6.07, 6.45) is 0. The minimum absolute atomic E-state index is 0.451. The van der Waals surface area contributed by atoms with Crippen molar-refractivity contribution in [1.82, 2.24) is 0 Å². The average Bonchev–Trinajstić information content (AvgIpc) is 2.35. The van der Waals surface area contributed by atoms with Gasteiger partial charge in [-0.3, -0.25) is 0 Å². The zero-order valence-corrected chi connectivity index (χ0v) is 13.6. The molecule has 0 atom stereocenters. The van der Waals surface area contributed by atoms with E-state index in [1.165, 1.54) is 21.3 Å². The Bertz CT molecular complexity index is 194. The Morgan fingerprint density at radius 1 is 0.588 bits per heavy atom. The van der Waals surface area contributed by atoms with E-state index in [4.69, 9.17) is 26.6 Å². The first kappa shape index (κ1) is 17.2. The molecule has 0 amide bonds. The molecular formula is C9H24O6Si2. The summed E-state index contributed by atoms with van der Waals surface area (Å²) in [6.45, 7) is 6.97. The van der Waals surface area contributed by atoms with E-state index in [0.717, 1.165) is 0 Å². The first-order valence-electron chi connectivity index (χ1n) is 5.69. The van der Waals surface area contributed by atoms with Gasteiger partial charge in [-0.2, -0.15) is 0 Å². The van der Waals surface area contributed by atoms with E-state index in [2.05, 4.69) is 0 Å². The van der Waals surface area contributed by atoms with Gasteiger partial charge in [-0.1, -0.05) is 0 Å². The van der Waals surface area contributed by atoms with Crippen LogP contribution in [-0.4, -0.2) is 57.8 Å². The SMILES string of the molecule is CCO[Si](OC)(OC)[Si](OC)(OCC)OCC. The van der Waals surface area contributed by atoms with Gasteiger partial charge in [0.25, 0.3) is 0 Å². The maximum atomic E-state index is 5.70. The molecule has 0 aromatic heterocycles. The van der Waals surface area contributed by atoms with Crippen molar-refractivity contribution >= 4 is 16.6 Å². The minimum Gasteiger partial charge on any atom is -0.375 e. The molecule has 6 nitrogen and oxygen atoms in total.